The van der Waals surface area contributed by atoms with E-state index >= 15 is 0 Å². The van der Waals surface area contributed by atoms with Gasteiger partial charge in [-0.2, -0.15) is 0 Å². The lowest BCUT2D eigenvalue weighted by molar-refractivity contribution is -0.143. The minimum Gasteiger partial charge on any atom is -0.481 e. The van der Waals surface area contributed by atoms with Crippen LogP contribution in [0.2, 0.25) is 0 Å². The summed E-state index contributed by atoms with van der Waals surface area (Å²) in [7, 11) is 0. The molecular formula is C11H10BrNO3. The van der Waals surface area contributed by atoms with Gasteiger partial charge in [0.1, 0.15) is 0 Å². The Bertz CT molecular complexity index is 472. The molecule has 1 aromatic carbocycles. The molecule has 2 unspecified atom stereocenters. The summed E-state index contributed by atoms with van der Waals surface area (Å²) >= 11 is 3.30. The van der Waals surface area contributed by atoms with Crippen LogP contribution in [0.25, 0.3) is 0 Å². The van der Waals surface area contributed by atoms with Gasteiger partial charge in [0.05, 0.1) is 11.8 Å². The predicted molar refractivity (Wildman–Crippen MR) is 62.3 cm³/mol. The van der Waals surface area contributed by atoms with Gasteiger partial charge in [0.15, 0.2) is 0 Å². The highest BCUT2D eigenvalue weighted by molar-refractivity contribution is 9.10. The van der Waals surface area contributed by atoms with Gasteiger partial charge in [0, 0.05) is 10.2 Å². The van der Waals surface area contributed by atoms with Crippen LogP contribution in [0, 0.1) is 5.92 Å². The summed E-state index contributed by atoms with van der Waals surface area (Å²) in [5.41, 5.74) is 1.44. The number of aliphatic carboxylic acids is 1. The van der Waals surface area contributed by atoms with Crippen LogP contribution in [0.5, 0.6) is 0 Å². The first-order valence-electron chi connectivity index (χ1n) is 4.84. The summed E-state index contributed by atoms with van der Waals surface area (Å²) in [5.74, 6) is -2.53. The van der Waals surface area contributed by atoms with Gasteiger partial charge in [-0.15, -0.1) is 0 Å². The third kappa shape index (κ3) is 1.71. The monoisotopic (exact) mass is 283 g/mol. The molecule has 0 saturated heterocycles. The van der Waals surface area contributed by atoms with E-state index in [1.54, 1.807) is 25.1 Å². The summed E-state index contributed by atoms with van der Waals surface area (Å²) in [6.45, 7) is 1.55. The summed E-state index contributed by atoms with van der Waals surface area (Å²) in [4.78, 5) is 22.6. The fraction of sp³-hybridized carbons (Fsp3) is 0.273. The first kappa shape index (κ1) is 11.1. The van der Waals surface area contributed by atoms with Crippen LogP contribution < -0.4 is 5.32 Å². The van der Waals surface area contributed by atoms with Gasteiger partial charge in [0.25, 0.3) is 0 Å². The number of rotatable bonds is 2. The smallest absolute Gasteiger partial charge is 0.307 e. The molecule has 1 heterocycles. The van der Waals surface area contributed by atoms with E-state index in [1.165, 1.54) is 0 Å². The topological polar surface area (TPSA) is 66.4 Å². The average Bonchev–Trinajstić information content (AvgIpc) is 2.51. The van der Waals surface area contributed by atoms with Crippen molar-refractivity contribution in [2.45, 2.75) is 12.8 Å². The van der Waals surface area contributed by atoms with Crippen molar-refractivity contribution in [3.05, 3.63) is 28.2 Å². The Morgan fingerprint density at radius 1 is 1.56 bits per heavy atom. The molecule has 0 spiro atoms. The second-order valence-electron chi connectivity index (χ2n) is 3.83. The molecule has 84 valence electrons. The van der Waals surface area contributed by atoms with Gasteiger partial charge in [-0.1, -0.05) is 28.9 Å². The fourth-order valence-corrected chi connectivity index (χ4v) is 2.26. The maximum Gasteiger partial charge on any atom is 0.307 e. The zero-order valence-electron chi connectivity index (χ0n) is 8.53. The van der Waals surface area contributed by atoms with Gasteiger partial charge < -0.3 is 10.4 Å². The van der Waals surface area contributed by atoms with Gasteiger partial charge in [-0.3, -0.25) is 9.59 Å². The lowest BCUT2D eigenvalue weighted by atomic mass is 9.88. The van der Waals surface area contributed by atoms with E-state index in [2.05, 4.69) is 21.2 Å². The average molecular weight is 284 g/mol. The van der Waals surface area contributed by atoms with Crippen LogP contribution in [-0.2, 0) is 9.59 Å². The molecule has 0 radical (unpaired) electrons. The zero-order valence-corrected chi connectivity index (χ0v) is 10.1. The number of amides is 1. The van der Waals surface area contributed by atoms with Crippen molar-refractivity contribution >= 4 is 33.5 Å². The number of carbonyl (C=O) groups is 2. The van der Waals surface area contributed by atoms with E-state index in [9.17, 15) is 9.59 Å². The molecule has 1 aliphatic rings. The van der Waals surface area contributed by atoms with E-state index in [-0.39, 0.29) is 5.91 Å². The lowest BCUT2D eigenvalue weighted by Crippen LogP contribution is -2.24. The van der Waals surface area contributed by atoms with Crippen molar-refractivity contribution in [2.75, 3.05) is 5.32 Å². The van der Waals surface area contributed by atoms with Crippen molar-refractivity contribution < 1.29 is 14.7 Å². The normalized spacial score (nSPS) is 20.1. The molecule has 1 amide bonds. The SMILES string of the molecule is CC(C(=O)O)C1C(=O)Nc2cc(Br)ccc21. The molecular weight excluding hydrogens is 274 g/mol. The molecule has 16 heavy (non-hydrogen) atoms. The third-order valence-electron chi connectivity index (χ3n) is 2.78. The van der Waals surface area contributed by atoms with Gasteiger partial charge in [0.2, 0.25) is 5.91 Å². The van der Waals surface area contributed by atoms with Crippen LogP contribution in [0.1, 0.15) is 18.4 Å². The molecule has 2 atom stereocenters. The third-order valence-corrected chi connectivity index (χ3v) is 3.27. The van der Waals surface area contributed by atoms with Gasteiger partial charge in [-0.25, -0.2) is 0 Å². The number of benzene rings is 1. The summed E-state index contributed by atoms with van der Waals surface area (Å²) in [5, 5.41) is 11.6. The predicted octanol–water partition coefficient (Wildman–Crippen LogP) is 2.21. The molecule has 0 fully saturated rings. The molecule has 1 aliphatic heterocycles. The number of fused-ring (bicyclic) bond motifs is 1. The molecule has 2 N–H and O–H groups in total. The largest absolute Gasteiger partial charge is 0.481 e. The second-order valence-corrected chi connectivity index (χ2v) is 4.74. The van der Waals surface area contributed by atoms with E-state index < -0.39 is 17.8 Å². The minimum atomic E-state index is -0.962. The Labute approximate surface area is 101 Å². The maximum absolute atomic E-state index is 11.7. The fourth-order valence-electron chi connectivity index (χ4n) is 1.90. The Hall–Kier alpha value is -1.36. The standard InChI is InChI=1S/C11H10BrNO3/c1-5(11(15)16)9-7-3-2-6(12)4-8(7)13-10(9)14/h2-5,9H,1H3,(H,13,14)(H,15,16). The summed E-state index contributed by atoms with van der Waals surface area (Å²) < 4.78 is 0.857. The van der Waals surface area contributed by atoms with Crippen molar-refractivity contribution in [1.29, 1.82) is 0 Å². The van der Waals surface area contributed by atoms with Crippen LogP contribution in [0.15, 0.2) is 22.7 Å². The number of halogens is 1. The highest BCUT2D eigenvalue weighted by Gasteiger charge is 2.37. The number of carboxylic acids is 1. The summed E-state index contributed by atoms with van der Waals surface area (Å²) in [6.07, 6.45) is 0. The van der Waals surface area contributed by atoms with Crippen molar-refractivity contribution in [2.24, 2.45) is 5.92 Å². The highest BCUT2D eigenvalue weighted by Crippen LogP contribution is 2.38. The zero-order chi connectivity index (χ0) is 11.9. The molecule has 0 aliphatic carbocycles. The van der Waals surface area contributed by atoms with Crippen LogP contribution >= 0.6 is 15.9 Å². The highest BCUT2D eigenvalue weighted by atomic mass is 79.9. The lowest BCUT2D eigenvalue weighted by Gasteiger charge is -2.13. The number of anilines is 1. The van der Waals surface area contributed by atoms with Gasteiger partial charge in [-0.05, 0) is 17.7 Å². The van der Waals surface area contributed by atoms with E-state index in [0.29, 0.717) is 5.69 Å². The van der Waals surface area contributed by atoms with Crippen LogP contribution in [-0.4, -0.2) is 17.0 Å². The molecule has 1 aromatic rings. The molecule has 0 aromatic heterocycles. The second kappa shape index (κ2) is 3.90. The van der Waals surface area contributed by atoms with Crippen LogP contribution in [0.4, 0.5) is 5.69 Å². The van der Waals surface area contributed by atoms with E-state index in [0.717, 1.165) is 10.0 Å². The Morgan fingerprint density at radius 2 is 2.25 bits per heavy atom. The van der Waals surface area contributed by atoms with E-state index in [4.69, 9.17) is 5.11 Å². The molecule has 0 bridgehead atoms. The Kier molecular flexibility index (Phi) is 2.71. The molecule has 4 nitrogen and oxygen atoms in total. The number of nitrogens with one attached hydrogen (secondary N) is 1. The Balaban J connectivity index is 2.44. The maximum atomic E-state index is 11.7. The quantitative estimate of drug-likeness (QED) is 0.875. The molecule has 0 saturated carbocycles. The first-order valence-corrected chi connectivity index (χ1v) is 5.63. The van der Waals surface area contributed by atoms with Crippen molar-refractivity contribution in [3.63, 3.8) is 0 Å². The number of carbonyl (C=O) groups excluding carboxylic acids is 1. The van der Waals surface area contributed by atoms with Crippen molar-refractivity contribution in [1.82, 2.24) is 0 Å². The number of hydrogen-bond donors (Lipinski definition) is 2. The van der Waals surface area contributed by atoms with E-state index in [1.807, 2.05) is 0 Å². The Morgan fingerprint density at radius 3 is 2.88 bits per heavy atom. The molecule has 5 heteroatoms. The van der Waals surface area contributed by atoms with Crippen molar-refractivity contribution in [3.8, 4) is 0 Å². The van der Waals surface area contributed by atoms with Gasteiger partial charge >= 0.3 is 5.97 Å². The minimum absolute atomic E-state index is 0.247. The van der Waals surface area contributed by atoms with Crippen LogP contribution in [0.3, 0.4) is 0 Å². The number of carboxylic acid groups (broad SMARTS) is 1. The number of hydrogen-bond acceptors (Lipinski definition) is 2. The molecule has 2 rings (SSSR count). The summed E-state index contributed by atoms with van der Waals surface area (Å²) in [6, 6.07) is 5.36. The first-order chi connectivity index (χ1) is 7.50.